The Kier molecular flexibility index (Phi) is 3.67. The third kappa shape index (κ3) is 2.84. The average molecular weight is 329 g/mol. The molecule has 3 amide bonds. The fraction of sp³-hybridized carbons (Fsp3) is 0. The number of aromatic amines is 1. The molecule has 1 heterocycles. The number of amides is 3. The van der Waals surface area contributed by atoms with Crippen LogP contribution in [0, 0.1) is 0 Å². The Labute approximate surface area is 136 Å². The van der Waals surface area contributed by atoms with Gasteiger partial charge >= 0.3 is 6.03 Å². The molecule has 3 rings (SSSR count). The SMILES string of the molecule is NC(=O)Nc1[nH]c2cc(-c3ccc(Cl)cc3)ccc2c1C(N)=O. The summed E-state index contributed by atoms with van der Waals surface area (Å²) in [6.07, 6.45) is 0. The lowest BCUT2D eigenvalue weighted by Gasteiger charge is -2.02. The lowest BCUT2D eigenvalue weighted by Crippen LogP contribution is -2.22. The predicted molar refractivity (Wildman–Crippen MR) is 90.5 cm³/mol. The number of H-pyrrole nitrogens is 1. The molecule has 0 saturated heterocycles. The van der Waals surface area contributed by atoms with Crippen molar-refractivity contribution in [2.75, 3.05) is 5.32 Å². The number of hydrogen-bond donors (Lipinski definition) is 4. The fourth-order valence-corrected chi connectivity index (χ4v) is 2.62. The number of halogens is 1. The Morgan fingerprint density at radius 1 is 1.00 bits per heavy atom. The Balaban J connectivity index is 2.15. The first-order valence-corrected chi connectivity index (χ1v) is 7.11. The van der Waals surface area contributed by atoms with Crippen LogP contribution in [0.3, 0.4) is 0 Å². The third-order valence-electron chi connectivity index (χ3n) is 3.47. The van der Waals surface area contributed by atoms with Crippen molar-refractivity contribution in [1.82, 2.24) is 4.98 Å². The van der Waals surface area contributed by atoms with Gasteiger partial charge < -0.3 is 16.5 Å². The zero-order valence-corrected chi connectivity index (χ0v) is 12.6. The van der Waals surface area contributed by atoms with Crippen LogP contribution in [-0.2, 0) is 0 Å². The maximum absolute atomic E-state index is 11.7. The van der Waals surface area contributed by atoms with E-state index in [4.69, 9.17) is 23.1 Å². The Hall–Kier alpha value is -2.99. The first kappa shape index (κ1) is 14.9. The van der Waals surface area contributed by atoms with Crippen molar-refractivity contribution >= 4 is 40.3 Å². The van der Waals surface area contributed by atoms with Crippen molar-refractivity contribution in [3.8, 4) is 11.1 Å². The van der Waals surface area contributed by atoms with Crippen LogP contribution in [-0.4, -0.2) is 16.9 Å². The summed E-state index contributed by atoms with van der Waals surface area (Å²) in [5, 5.41) is 3.64. The Bertz CT molecular complexity index is 916. The van der Waals surface area contributed by atoms with Crippen LogP contribution in [0.4, 0.5) is 10.6 Å². The van der Waals surface area contributed by atoms with Gasteiger partial charge in [-0.2, -0.15) is 0 Å². The van der Waals surface area contributed by atoms with E-state index in [1.165, 1.54) is 0 Å². The topological polar surface area (TPSA) is 114 Å². The highest BCUT2D eigenvalue weighted by Gasteiger charge is 2.17. The number of fused-ring (bicyclic) bond motifs is 1. The maximum atomic E-state index is 11.7. The van der Waals surface area contributed by atoms with Crippen LogP contribution in [0.1, 0.15) is 10.4 Å². The van der Waals surface area contributed by atoms with Gasteiger partial charge in [-0.25, -0.2) is 4.79 Å². The lowest BCUT2D eigenvalue weighted by molar-refractivity contribution is 0.100. The van der Waals surface area contributed by atoms with Gasteiger partial charge in [0.1, 0.15) is 5.82 Å². The summed E-state index contributed by atoms with van der Waals surface area (Å²) in [5.74, 6) is -0.465. The summed E-state index contributed by atoms with van der Waals surface area (Å²) in [4.78, 5) is 25.7. The molecule has 0 spiro atoms. The molecule has 116 valence electrons. The van der Waals surface area contributed by atoms with Gasteiger partial charge in [0.15, 0.2) is 0 Å². The molecule has 0 aliphatic heterocycles. The zero-order chi connectivity index (χ0) is 16.6. The van der Waals surface area contributed by atoms with E-state index in [1.54, 1.807) is 18.2 Å². The minimum atomic E-state index is -0.781. The molecule has 1 aromatic heterocycles. The van der Waals surface area contributed by atoms with E-state index in [9.17, 15) is 9.59 Å². The second-order valence-corrected chi connectivity index (χ2v) is 5.43. The Morgan fingerprint density at radius 3 is 2.26 bits per heavy atom. The first-order valence-electron chi connectivity index (χ1n) is 6.73. The molecule has 0 aliphatic rings. The van der Waals surface area contributed by atoms with Crippen molar-refractivity contribution in [2.45, 2.75) is 0 Å². The number of nitrogens with one attached hydrogen (secondary N) is 2. The van der Waals surface area contributed by atoms with Gasteiger partial charge in [-0.05, 0) is 29.3 Å². The Morgan fingerprint density at radius 2 is 1.65 bits per heavy atom. The van der Waals surface area contributed by atoms with E-state index < -0.39 is 11.9 Å². The van der Waals surface area contributed by atoms with Crippen LogP contribution < -0.4 is 16.8 Å². The van der Waals surface area contributed by atoms with Crippen molar-refractivity contribution in [3.05, 3.63) is 53.1 Å². The van der Waals surface area contributed by atoms with E-state index in [1.807, 2.05) is 24.3 Å². The number of benzene rings is 2. The summed E-state index contributed by atoms with van der Waals surface area (Å²) >= 11 is 5.89. The van der Waals surface area contributed by atoms with Gasteiger partial charge in [0.05, 0.1) is 5.56 Å². The first-order chi connectivity index (χ1) is 11.0. The number of carbonyl (C=O) groups excluding carboxylic acids is 2. The highest BCUT2D eigenvalue weighted by molar-refractivity contribution is 6.30. The number of carbonyl (C=O) groups is 2. The van der Waals surface area contributed by atoms with Gasteiger partial charge in [-0.3, -0.25) is 10.1 Å². The minimum Gasteiger partial charge on any atom is -0.365 e. The van der Waals surface area contributed by atoms with Crippen LogP contribution in [0.15, 0.2) is 42.5 Å². The van der Waals surface area contributed by atoms with E-state index >= 15 is 0 Å². The molecule has 0 bridgehead atoms. The number of aromatic nitrogens is 1. The average Bonchev–Trinajstić information content (AvgIpc) is 2.84. The number of hydrogen-bond acceptors (Lipinski definition) is 2. The molecule has 0 saturated carbocycles. The standard InChI is InChI=1S/C16H13ClN4O2/c17-10-4-1-8(2-5-10)9-3-6-11-12(7-9)20-15(21-16(19)23)13(11)14(18)22/h1-7,20H,(H2,18,22)(H3,19,21,23). The molecule has 3 aromatic rings. The molecule has 0 atom stereocenters. The van der Waals surface area contributed by atoms with E-state index in [2.05, 4.69) is 10.3 Å². The second kappa shape index (κ2) is 5.66. The fourth-order valence-electron chi connectivity index (χ4n) is 2.49. The van der Waals surface area contributed by atoms with Crippen molar-refractivity contribution in [2.24, 2.45) is 11.5 Å². The summed E-state index contributed by atoms with van der Waals surface area (Å²) in [7, 11) is 0. The molecule has 23 heavy (non-hydrogen) atoms. The van der Waals surface area contributed by atoms with Gasteiger partial charge in [0, 0.05) is 15.9 Å². The summed E-state index contributed by atoms with van der Waals surface area (Å²) in [6, 6.07) is 12.1. The monoisotopic (exact) mass is 328 g/mol. The molecular formula is C16H13ClN4O2. The number of rotatable bonds is 3. The quantitative estimate of drug-likeness (QED) is 0.591. The predicted octanol–water partition coefficient (Wildman–Crippen LogP) is 3.08. The second-order valence-electron chi connectivity index (χ2n) is 5.00. The molecule has 2 aromatic carbocycles. The zero-order valence-electron chi connectivity index (χ0n) is 11.9. The van der Waals surface area contributed by atoms with Crippen LogP contribution in [0.2, 0.25) is 5.02 Å². The van der Waals surface area contributed by atoms with E-state index in [0.717, 1.165) is 11.1 Å². The van der Waals surface area contributed by atoms with Crippen molar-refractivity contribution < 1.29 is 9.59 Å². The van der Waals surface area contributed by atoms with Crippen molar-refractivity contribution in [3.63, 3.8) is 0 Å². The normalized spacial score (nSPS) is 10.7. The van der Waals surface area contributed by atoms with Crippen LogP contribution in [0.25, 0.3) is 22.0 Å². The molecule has 0 aliphatic carbocycles. The minimum absolute atomic E-state index is 0.188. The molecule has 0 fully saturated rings. The smallest absolute Gasteiger partial charge is 0.317 e. The van der Waals surface area contributed by atoms with Gasteiger partial charge in [0.2, 0.25) is 0 Å². The number of urea groups is 1. The highest BCUT2D eigenvalue weighted by Crippen LogP contribution is 2.30. The van der Waals surface area contributed by atoms with Gasteiger partial charge in [-0.1, -0.05) is 35.9 Å². The summed E-state index contributed by atoms with van der Waals surface area (Å²) in [5.41, 5.74) is 13.3. The van der Waals surface area contributed by atoms with Crippen LogP contribution in [0.5, 0.6) is 0 Å². The van der Waals surface area contributed by atoms with Gasteiger partial charge in [-0.15, -0.1) is 0 Å². The molecule has 0 radical (unpaired) electrons. The molecule has 0 unspecified atom stereocenters. The number of primary amides is 2. The molecule has 6 N–H and O–H groups in total. The highest BCUT2D eigenvalue weighted by atomic mass is 35.5. The largest absolute Gasteiger partial charge is 0.365 e. The summed E-state index contributed by atoms with van der Waals surface area (Å²) in [6.45, 7) is 0. The van der Waals surface area contributed by atoms with Gasteiger partial charge in [0.25, 0.3) is 5.91 Å². The van der Waals surface area contributed by atoms with E-state index in [-0.39, 0.29) is 11.4 Å². The summed E-state index contributed by atoms with van der Waals surface area (Å²) < 4.78 is 0. The molecule has 6 nitrogen and oxygen atoms in total. The van der Waals surface area contributed by atoms with E-state index in [0.29, 0.717) is 15.9 Å². The third-order valence-corrected chi connectivity index (χ3v) is 3.72. The number of nitrogens with two attached hydrogens (primary N) is 2. The van der Waals surface area contributed by atoms with Crippen molar-refractivity contribution in [1.29, 1.82) is 0 Å². The van der Waals surface area contributed by atoms with Crippen LogP contribution >= 0.6 is 11.6 Å². The molecule has 7 heteroatoms. The maximum Gasteiger partial charge on any atom is 0.317 e. The number of anilines is 1. The molecular weight excluding hydrogens is 316 g/mol. The lowest BCUT2D eigenvalue weighted by atomic mass is 10.0.